The Morgan fingerprint density at radius 3 is 2.88 bits per heavy atom. The van der Waals surface area contributed by atoms with Crippen molar-refractivity contribution in [3.05, 3.63) is 23.4 Å². The predicted octanol–water partition coefficient (Wildman–Crippen LogP) is 2.99. The van der Waals surface area contributed by atoms with Crippen molar-refractivity contribution in [2.75, 3.05) is 26.2 Å². The molecular formula is C13H19ClN2O. The van der Waals surface area contributed by atoms with Gasteiger partial charge in [-0.3, -0.25) is 0 Å². The number of piperidine rings is 1. The van der Waals surface area contributed by atoms with Crippen molar-refractivity contribution >= 4 is 11.6 Å². The largest absolute Gasteiger partial charge is 0.477 e. The van der Waals surface area contributed by atoms with E-state index < -0.39 is 0 Å². The van der Waals surface area contributed by atoms with Crippen LogP contribution in [0, 0.1) is 0 Å². The van der Waals surface area contributed by atoms with E-state index in [2.05, 4.69) is 9.88 Å². The smallest absolute Gasteiger partial charge is 0.232 e. The van der Waals surface area contributed by atoms with Crippen LogP contribution >= 0.6 is 11.6 Å². The van der Waals surface area contributed by atoms with E-state index in [0.717, 1.165) is 13.0 Å². The third-order valence-corrected chi connectivity index (χ3v) is 3.32. The van der Waals surface area contributed by atoms with Crippen LogP contribution in [0.1, 0.15) is 25.7 Å². The fourth-order valence-corrected chi connectivity index (χ4v) is 2.29. The Labute approximate surface area is 108 Å². The van der Waals surface area contributed by atoms with Gasteiger partial charge in [0.05, 0.1) is 6.61 Å². The van der Waals surface area contributed by atoms with Gasteiger partial charge in [0, 0.05) is 12.7 Å². The van der Waals surface area contributed by atoms with Crippen LogP contribution in [-0.4, -0.2) is 36.1 Å². The number of nitrogens with zero attached hydrogens (tertiary/aromatic N) is 2. The van der Waals surface area contributed by atoms with Crippen molar-refractivity contribution in [3.8, 4) is 5.88 Å². The maximum atomic E-state index is 5.95. The van der Waals surface area contributed by atoms with Gasteiger partial charge >= 0.3 is 0 Å². The van der Waals surface area contributed by atoms with Gasteiger partial charge in [-0.15, -0.1) is 0 Å². The van der Waals surface area contributed by atoms with Gasteiger partial charge in [0.15, 0.2) is 0 Å². The minimum atomic E-state index is 0.549. The summed E-state index contributed by atoms with van der Waals surface area (Å²) in [6.45, 7) is 4.28. The van der Waals surface area contributed by atoms with Crippen molar-refractivity contribution < 1.29 is 4.74 Å². The summed E-state index contributed by atoms with van der Waals surface area (Å²) in [6.07, 6.45) is 6.80. The number of pyridine rings is 1. The topological polar surface area (TPSA) is 25.4 Å². The second-order valence-electron chi connectivity index (χ2n) is 4.39. The maximum Gasteiger partial charge on any atom is 0.232 e. The molecule has 3 nitrogen and oxygen atoms in total. The molecule has 1 aliphatic heterocycles. The fraction of sp³-hybridized carbons (Fsp3) is 0.615. The first-order valence-corrected chi connectivity index (χ1v) is 6.70. The van der Waals surface area contributed by atoms with Crippen LogP contribution < -0.4 is 4.74 Å². The summed E-state index contributed by atoms with van der Waals surface area (Å²) >= 11 is 5.95. The van der Waals surface area contributed by atoms with Gasteiger partial charge in [-0.05, 0) is 44.5 Å². The van der Waals surface area contributed by atoms with Crippen LogP contribution in [0.25, 0.3) is 0 Å². The normalized spacial score (nSPS) is 17.0. The lowest BCUT2D eigenvalue weighted by Gasteiger charge is -2.26. The van der Waals surface area contributed by atoms with Crippen molar-refractivity contribution in [1.29, 1.82) is 0 Å². The summed E-state index contributed by atoms with van der Waals surface area (Å²) in [5.41, 5.74) is 0. The van der Waals surface area contributed by atoms with Gasteiger partial charge in [-0.2, -0.15) is 0 Å². The SMILES string of the molecule is Clc1cccnc1OCCCN1CCCCC1. The predicted molar refractivity (Wildman–Crippen MR) is 69.7 cm³/mol. The second-order valence-corrected chi connectivity index (χ2v) is 4.80. The monoisotopic (exact) mass is 254 g/mol. The summed E-state index contributed by atoms with van der Waals surface area (Å²) in [4.78, 5) is 6.60. The van der Waals surface area contributed by atoms with E-state index in [1.165, 1.54) is 32.4 Å². The van der Waals surface area contributed by atoms with E-state index in [9.17, 15) is 0 Å². The van der Waals surface area contributed by atoms with E-state index in [1.807, 2.05) is 6.07 Å². The third kappa shape index (κ3) is 4.17. The second kappa shape index (κ2) is 6.82. The lowest BCUT2D eigenvalue weighted by Crippen LogP contribution is -2.31. The first kappa shape index (κ1) is 12.7. The summed E-state index contributed by atoms with van der Waals surface area (Å²) in [6, 6.07) is 3.61. The van der Waals surface area contributed by atoms with Crippen LogP contribution in [0.3, 0.4) is 0 Å². The molecule has 2 rings (SSSR count). The van der Waals surface area contributed by atoms with Gasteiger partial charge < -0.3 is 9.64 Å². The molecule has 1 aromatic rings. The molecule has 0 spiro atoms. The zero-order valence-electron chi connectivity index (χ0n) is 10.1. The van der Waals surface area contributed by atoms with Gasteiger partial charge in [0.1, 0.15) is 5.02 Å². The molecule has 1 fully saturated rings. The van der Waals surface area contributed by atoms with Crippen LogP contribution in [-0.2, 0) is 0 Å². The molecule has 0 amide bonds. The van der Waals surface area contributed by atoms with Crippen molar-refractivity contribution in [1.82, 2.24) is 9.88 Å². The van der Waals surface area contributed by atoms with Gasteiger partial charge in [0.2, 0.25) is 5.88 Å². The molecule has 0 radical (unpaired) electrons. The number of aromatic nitrogens is 1. The van der Waals surface area contributed by atoms with Crippen molar-refractivity contribution in [3.63, 3.8) is 0 Å². The minimum Gasteiger partial charge on any atom is -0.477 e. The highest BCUT2D eigenvalue weighted by atomic mass is 35.5. The van der Waals surface area contributed by atoms with Gasteiger partial charge in [0.25, 0.3) is 0 Å². The first-order valence-electron chi connectivity index (χ1n) is 6.32. The highest BCUT2D eigenvalue weighted by molar-refractivity contribution is 6.31. The highest BCUT2D eigenvalue weighted by Crippen LogP contribution is 2.20. The lowest BCUT2D eigenvalue weighted by atomic mass is 10.1. The Morgan fingerprint density at radius 2 is 2.12 bits per heavy atom. The van der Waals surface area contributed by atoms with Crippen LogP contribution in [0.5, 0.6) is 5.88 Å². The lowest BCUT2D eigenvalue weighted by molar-refractivity contribution is 0.203. The molecule has 0 atom stereocenters. The van der Waals surface area contributed by atoms with E-state index in [4.69, 9.17) is 16.3 Å². The molecule has 0 aliphatic carbocycles. The van der Waals surface area contributed by atoms with Gasteiger partial charge in [-0.25, -0.2) is 4.98 Å². The summed E-state index contributed by atoms with van der Waals surface area (Å²) in [5, 5.41) is 0.588. The van der Waals surface area contributed by atoms with Crippen LogP contribution in [0.4, 0.5) is 0 Å². The van der Waals surface area contributed by atoms with E-state index in [1.54, 1.807) is 12.3 Å². The molecule has 17 heavy (non-hydrogen) atoms. The standard InChI is InChI=1S/C13H19ClN2O/c14-12-6-4-7-15-13(12)17-11-5-10-16-8-2-1-3-9-16/h4,6-7H,1-3,5,8-11H2. The molecule has 94 valence electrons. The average molecular weight is 255 g/mol. The minimum absolute atomic E-state index is 0.549. The number of likely N-dealkylation sites (tertiary alicyclic amines) is 1. The number of halogens is 1. The Bertz CT molecular complexity index is 340. The molecule has 0 unspecified atom stereocenters. The van der Waals surface area contributed by atoms with E-state index in [0.29, 0.717) is 17.5 Å². The van der Waals surface area contributed by atoms with Crippen LogP contribution in [0.15, 0.2) is 18.3 Å². The average Bonchev–Trinajstić information content (AvgIpc) is 2.38. The molecule has 1 aromatic heterocycles. The molecule has 0 aromatic carbocycles. The molecule has 0 saturated carbocycles. The molecule has 4 heteroatoms. The Morgan fingerprint density at radius 1 is 1.29 bits per heavy atom. The molecular weight excluding hydrogens is 236 g/mol. The molecule has 2 heterocycles. The number of hydrogen-bond donors (Lipinski definition) is 0. The third-order valence-electron chi connectivity index (χ3n) is 3.03. The van der Waals surface area contributed by atoms with Crippen molar-refractivity contribution in [2.24, 2.45) is 0 Å². The quantitative estimate of drug-likeness (QED) is 0.756. The molecule has 0 N–H and O–H groups in total. The van der Waals surface area contributed by atoms with E-state index in [-0.39, 0.29) is 0 Å². The first-order chi connectivity index (χ1) is 8.36. The Kier molecular flexibility index (Phi) is 5.08. The number of ether oxygens (including phenoxy) is 1. The van der Waals surface area contributed by atoms with Crippen molar-refractivity contribution in [2.45, 2.75) is 25.7 Å². The van der Waals surface area contributed by atoms with E-state index >= 15 is 0 Å². The summed E-state index contributed by atoms with van der Waals surface area (Å²) < 4.78 is 5.56. The summed E-state index contributed by atoms with van der Waals surface area (Å²) in [5.74, 6) is 0.549. The number of rotatable bonds is 5. The Hall–Kier alpha value is -0.800. The maximum absolute atomic E-state index is 5.95. The Balaban J connectivity index is 1.64. The van der Waals surface area contributed by atoms with Gasteiger partial charge in [-0.1, -0.05) is 18.0 Å². The zero-order valence-corrected chi connectivity index (χ0v) is 10.8. The zero-order chi connectivity index (χ0) is 11.9. The molecule has 1 aliphatic rings. The number of hydrogen-bond acceptors (Lipinski definition) is 3. The van der Waals surface area contributed by atoms with Crippen LogP contribution in [0.2, 0.25) is 5.02 Å². The highest BCUT2D eigenvalue weighted by Gasteiger charge is 2.09. The fourth-order valence-electron chi connectivity index (χ4n) is 2.12. The summed E-state index contributed by atoms with van der Waals surface area (Å²) in [7, 11) is 0. The molecule has 0 bridgehead atoms. The molecule has 1 saturated heterocycles.